The number of anilines is 1. The molecule has 8 heteroatoms. The maximum atomic E-state index is 12.6. The first-order valence-corrected chi connectivity index (χ1v) is 10.3. The average molecular weight is 403 g/mol. The fraction of sp³-hybridized carbons (Fsp3) is 0. The van der Waals surface area contributed by atoms with E-state index in [0.717, 1.165) is 10.6 Å². The second-order valence-electron chi connectivity index (χ2n) is 5.95. The lowest BCUT2D eigenvalue weighted by Gasteiger charge is -2.05. The predicted molar refractivity (Wildman–Crippen MR) is 112 cm³/mol. The van der Waals surface area contributed by atoms with Gasteiger partial charge in [-0.2, -0.15) is 5.10 Å². The second-order valence-corrected chi connectivity index (χ2v) is 7.84. The van der Waals surface area contributed by atoms with Gasteiger partial charge in [-0.1, -0.05) is 30.3 Å². The first-order chi connectivity index (χ1) is 13.8. The minimum Gasteiger partial charge on any atom is -0.304 e. The van der Waals surface area contributed by atoms with Gasteiger partial charge in [0.15, 0.2) is 17.2 Å². The number of nitrogens with one attached hydrogen (secondary N) is 1. The van der Waals surface area contributed by atoms with Crippen LogP contribution in [0.2, 0.25) is 0 Å². The Morgan fingerprint density at radius 3 is 2.50 bits per heavy atom. The van der Waals surface area contributed by atoms with Crippen LogP contribution in [0.5, 0.6) is 0 Å². The molecule has 0 spiro atoms. The number of benzene rings is 1. The van der Waals surface area contributed by atoms with Crippen molar-refractivity contribution in [2.45, 2.75) is 0 Å². The monoisotopic (exact) mass is 403 g/mol. The molecule has 5 rings (SSSR count). The average Bonchev–Trinajstić information content (AvgIpc) is 3.49. The van der Waals surface area contributed by atoms with E-state index >= 15 is 0 Å². The Morgan fingerprint density at radius 2 is 1.75 bits per heavy atom. The molecule has 5 aromatic rings. The van der Waals surface area contributed by atoms with E-state index in [0.29, 0.717) is 27.6 Å². The van der Waals surface area contributed by atoms with Gasteiger partial charge in [0.2, 0.25) is 0 Å². The van der Waals surface area contributed by atoms with Crippen molar-refractivity contribution in [3.05, 3.63) is 76.4 Å². The molecule has 1 aromatic carbocycles. The molecule has 28 heavy (non-hydrogen) atoms. The van der Waals surface area contributed by atoms with Crippen molar-refractivity contribution in [1.29, 1.82) is 0 Å². The molecular formula is C20H13N5OS2. The van der Waals surface area contributed by atoms with Gasteiger partial charge in [-0.05, 0) is 35.0 Å². The Bertz CT molecular complexity index is 1250. The number of aromatic nitrogens is 4. The van der Waals surface area contributed by atoms with Gasteiger partial charge in [0.25, 0.3) is 5.91 Å². The third-order valence-electron chi connectivity index (χ3n) is 4.10. The van der Waals surface area contributed by atoms with Crippen LogP contribution in [-0.4, -0.2) is 25.7 Å². The number of rotatable bonds is 4. The van der Waals surface area contributed by atoms with Crippen LogP contribution in [0, 0.1) is 0 Å². The van der Waals surface area contributed by atoms with Crippen LogP contribution in [0.15, 0.2) is 71.6 Å². The van der Waals surface area contributed by atoms with Gasteiger partial charge in [0.1, 0.15) is 5.52 Å². The number of hydrogen-bond donors (Lipinski definition) is 1. The highest BCUT2D eigenvalue weighted by Crippen LogP contribution is 2.28. The van der Waals surface area contributed by atoms with Gasteiger partial charge in [-0.25, -0.2) is 14.6 Å². The molecular weight excluding hydrogens is 390 g/mol. The van der Waals surface area contributed by atoms with Gasteiger partial charge >= 0.3 is 0 Å². The lowest BCUT2D eigenvalue weighted by atomic mass is 10.3. The molecule has 0 aliphatic carbocycles. The summed E-state index contributed by atoms with van der Waals surface area (Å²) >= 11 is 2.93. The van der Waals surface area contributed by atoms with E-state index in [1.807, 2.05) is 65.5 Å². The molecule has 4 aromatic heterocycles. The summed E-state index contributed by atoms with van der Waals surface area (Å²) in [6, 6.07) is 17.3. The molecule has 0 aliphatic rings. The third kappa shape index (κ3) is 3.08. The SMILES string of the molecule is O=C(Nc1nc(-c2cccs2)nc2cn(-c3ccccc3)nc12)c1cccs1. The van der Waals surface area contributed by atoms with Crippen molar-refractivity contribution in [3.8, 4) is 16.4 Å². The highest BCUT2D eigenvalue weighted by molar-refractivity contribution is 7.13. The van der Waals surface area contributed by atoms with E-state index in [-0.39, 0.29) is 5.91 Å². The van der Waals surface area contributed by atoms with Crippen molar-refractivity contribution in [1.82, 2.24) is 19.7 Å². The topological polar surface area (TPSA) is 72.7 Å². The normalized spacial score (nSPS) is 11.0. The number of fused-ring (bicyclic) bond motifs is 1. The number of thiophene rings is 2. The number of carbonyl (C=O) groups excluding carboxylic acids is 1. The van der Waals surface area contributed by atoms with Crippen molar-refractivity contribution < 1.29 is 4.79 Å². The molecule has 0 bridgehead atoms. The van der Waals surface area contributed by atoms with Crippen LogP contribution in [0.3, 0.4) is 0 Å². The van der Waals surface area contributed by atoms with E-state index in [4.69, 9.17) is 0 Å². The summed E-state index contributed by atoms with van der Waals surface area (Å²) in [5.74, 6) is 0.763. The van der Waals surface area contributed by atoms with Crippen LogP contribution in [0.4, 0.5) is 5.82 Å². The van der Waals surface area contributed by atoms with Crippen LogP contribution < -0.4 is 5.32 Å². The zero-order valence-electron chi connectivity index (χ0n) is 14.4. The molecule has 6 nitrogen and oxygen atoms in total. The minimum absolute atomic E-state index is 0.207. The number of hydrogen-bond acceptors (Lipinski definition) is 6. The van der Waals surface area contributed by atoms with Crippen molar-refractivity contribution >= 4 is 45.4 Å². The number of amides is 1. The predicted octanol–water partition coefficient (Wildman–Crippen LogP) is 4.86. The molecule has 0 atom stereocenters. The van der Waals surface area contributed by atoms with Gasteiger partial charge in [-0.3, -0.25) is 4.79 Å². The van der Waals surface area contributed by atoms with Crippen LogP contribution in [-0.2, 0) is 0 Å². The fourth-order valence-electron chi connectivity index (χ4n) is 2.81. The van der Waals surface area contributed by atoms with Gasteiger partial charge in [0.05, 0.1) is 21.6 Å². The summed E-state index contributed by atoms with van der Waals surface area (Å²) in [6.07, 6.45) is 1.85. The molecule has 0 unspecified atom stereocenters. The Morgan fingerprint density at radius 1 is 0.929 bits per heavy atom. The molecule has 0 fully saturated rings. The molecule has 136 valence electrons. The number of nitrogens with zero attached hydrogens (tertiary/aromatic N) is 4. The Kier molecular flexibility index (Phi) is 4.19. The maximum absolute atomic E-state index is 12.6. The number of para-hydroxylation sites is 1. The minimum atomic E-state index is -0.207. The van der Waals surface area contributed by atoms with Crippen molar-refractivity contribution in [2.24, 2.45) is 0 Å². The quantitative estimate of drug-likeness (QED) is 0.465. The molecule has 0 aliphatic heterocycles. The molecule has 0 saturated heterocycles. The Balaban J connectivity index is 1.65. The van der Waals surface area contributed by atoms with E-state index in [2.05, 4.69) is 20.4 Å². The highest BCUT2D eigenvalue weighted by Gasteiger charge is 2.17. The summed E-state index contributed by atoms with van der Waals surface area (Å²) in [5.41, 5.74) is 2.13. The largest absolute Gasteiger partial charge is 0.304 e. The maximum Gasteiger partial charge on any atom is 0.266 e. The summed E-state index contributed by atoms with van der Waals surface area (Å²) < 4.78 is 1.75. The van der Waals surface area contributed by atoms with E-state index < -0.39 is 0 Å². The lowest BCUT2D eigenvalue weighted by molar-refractivity contribution is 0.103. The number of carbonyl (C=O) groups is 1. The van der Waals surface area contributed by atoms with E-state index in [9.17, 15) is 4.79 Å². The van der Waals surface area contributed by atoms with Gasteiger partial charge in [-0.15, -0.1) is 22.7 Å². The summed E-state index contributed by atoms with van der Waals surface area (Å²) in [6.45, 7) is 0. The third-order valence-corrected chi connectivity index (χ3v) is 5.84. The molecule has 1 amide bonds. The van der Waals surface area contributed by atoms with Crippen LogP contribution >= 0.6 is 22.7 Å². The Labute approximate surface area is 168 Å². The molecule has 4 heterocycles. The summed E-state index contributed by atoms with van der Waals surface area (Å²) in [7, 11) is 0. The summed E-state index contributed by atoms with van der Waals surface area (Å²) in [5, 5.41) is 11.4. The lowest BCUT2D eigenvalue weighted by Crippen LogP contribution is -2.12. The van der Waals surface area contributed by atoms with Crippen LogP contribution in [0.25, 0.3) is 27.4 Å². The molecule has 1 N–H and O–H groups in total. The first kappa shape index (κ1) is 16.8. The van der Waals surface area contributed by atoms with E-state index in [1.54, 1.807) is 22.1 Å². The molecule has 0 saturated carbocycles. The Hall–Kier alpha value is -3.36. The standard InChI is InChI=1S/C20H13N5OS2/c26-20(16-9-5-11-28-16)23-19-17-14(21-18(22-19)15-8-4-10-27-15)12-25(24-17)13-6-2-1-3-7-13/h1-12H,(H,21,22,23,26). The van der Waals surface area contributed by atoms with E-state index in [1.165, 1.54) is 11.3 Å². The summed E-state index contributed by atoms with van der Waals surface area (Å²) in [4.78, 5) is 23.4. The van der Waals surface area contributed by atoms with Crippen molar-refractivity contribution in [2.75, 3.05) is 5.32 Å². The van der Waals surface area contributed by atoms with Crippen LogP contribution in [0.1, 0.15) is 9.67 Å². The zero-order chi connectivity index (χ0) is 18.9. The van der Waals surface area contributed by atoms with Crippen molar-refractivity contribution in [3.63, 3.8) is 0 Å². The highest BCUT2D eigenvalue weighted by atomic mass is 32.1. The second kappa shape index (κ2) is 6.99. The smallest absolute Gasteiger partial charge is 0.266 e. The van der Waals surface area contributed by atoms with Gasteiger partial charge in [0, 0.05) is 0 Å². The van der Waals surface area contributed by atoms with Gasteiger partial charge < -0.3 is 5.32 Å². The fourth-order valence-corrected chi connectivity index (χ4v) is 4.08. The first-order valence-electron chi connectivity index (χ1n) is 8.49. The molecule has 0 radical (unpaired) electrons. The zero-order valence-corrected chi connectivity index (χ0v) is 16.1.